The van der Waals surface area contributed by atoms with Crippen molar-refractivity contribution >= 4 is 11.6 Å². The summed E-state index contributed by atoms with van der Waals surface area (Å²) in [6.07, 6.45) is 1.69. The fourth-order valence-corrected chi connectivity index (χ4v) is 3.41. The summed E-state index contributed by atoms with van der Waals surface area (Å²) in [7, 11) is 0. The zero-order valence-corrected chi connectivity index (χ0v) is 14.1. The molecule has 5 nitrogen and oxygen atoms in total. The van der Waals surface area contributed by atoms with Gasteiger partial charge in [0.25, 0.3) is 0 Å². The van der Waals surface area contributed by atoms with Crippen LogP contribution in [0.2, 0.25) is 0 Å². The lowest BCUT2D eigenvalue weighted by molar-refractivity contribution is -0.185. The molecule has 2 fully saturated rings. The third-order valence-electron chi connectivity index (χ3n) is 4.72. The predicted octanol–water partition coefficient (Wildman–Crippen LogP) is 2.19. The molecule has 0 atom stereocenters. The van der Waals surface area contributed by atoms with Crippen LogP contribution in [0.1, 0.15) is 25.3 Å². The minimum Gasteiger partial charge on any atom is -0.347 e. The molecule has 0 aromatic heterocycles. The number of piperidine rings is 1. The van der Waals surface area contributed by atoms with Crippen LogP contribution in [0.3, 0.4) is 0 Å². The van der Waals surface area contributed by atoms with Crippen molar-refractivity contribution in [2.45, 2.75) is 32.5 Å². The van der Waals surface area contributed by atoms with Crippen LogP contribution < -0.4 is 4.90 Å². The second-order valence-corrected chi connectivity index (χ2v) is 6.36. The van der Waals surface area contributed by atoms with E-state index in [1.807, 2.05) is 36.9 Å². The van der Waals surface area contributed by atoms with Gasteiger partial charge in [0.2, 0.25) is 5.91 Å². The molecule has 1 amide bonds. The highest BCUT2D eigenvalue weighted by Crippen LogP contribution is 2.31. The summed E-state index contributed by atoms with van der Waals surface area (Å²) >= 11 is 0. The summed E-state index contributed by atoms with van der Waals surface area (Å²) < 4.78 is 11.5. The molecular formula is C18H26N2O3. The van der Waals surface area contributed by atoms with Crippen LogP contribution in [0.15, 0.2) is 24.3 Å². The van der Waals surface area contributed by atoms with Gasteiger partial charge in [-0.15, -0.1) is 0 Å². The molecule has 1 aromatic rings. The predicted molar refractivity (Wildman–Crippen MR) is 89.5 cm³/mol. The van der Waals surface area contributed by atoms with Gasteiger partial charge in [-0.1, -0.05) is 12.1 Å². The fourth-order valence-electron chi connectivity index (χ4n) is 3.41. The molecule has 1 spiro atoms. The molecule has 2 heterocycles. The molecule has 2 aliphatic rings. The van der Waals surface area contributed by atoms with Crippen LogP contribution in [-0.2, 0) is 14.3 Å². The minimum absolute atomic E-state index is 0.155. The van der Waals surface area contributed by atoms with E-state index in [2.05, 4.69) is 11.0 Å². The molecule has 3 rings (SSSR count). The molecule has 0 bridgehead atoms. The Morgan fingerprint density at radius 2 is 1.96 bits per heavy atom. The Morgan fingerprint density at radius 1 is 1.26 bits per heavy atom. The number of rotatable bonds is 4. The molecule has 0 radical (unpaired) electrons. The summed E-state index contributed by atoms with van der Waals surface area (Å²) in [6.45, 7) is 8.28. The summed E-state index contributed by atoms with van der Waals surface area (Å²) in [6, 6.07) is 8.11. The normalized spacial score (nSPS) is 20.8. The first-order valence-corrected chi connectivity index (χ1v) is 8.49. The zero-order chi connectivity index (χ0) is 16.3. The van der Waals surface area contributed by atoms with Gasteiger partial charge in [-0.25, -0.2) is 0 Å². The number of aryl methyl sites for hydroxylation is 1. The van der Waals surface area contributed by atoms with E-state index >= 15 is 0 Å². The summed E-state index contributed by atoms with van der Waals surface area (Å²) in [5.74, 6) is -0.220. The summed E-state index contributed by atoms with van der Waals surface area (Å²) in [5, 5.41) is 0. The van der Waals surface area contributed by atoms with Gasteiger partial charge in [0.1, 0.15) is 0 Å². The molecule has 5 heteroatoms. The van der Waals surface area contributed by atoms with E-state index in [-0.39, 0.29) is 11.7 Å². The number of benzene rings is 1. The van der Waals surface area contributed by atoms with Gasteiger partial charge in [-0.2, -0.15) is 0 Å². The van der Waals surface area contributed by atoms with Crippen molar-refractivity contribution in [3.05, 3.63) is 29.8 Å². The van der Waals surface area contributed by atoms with Crippen molar-refractivity contribution in [2.24, 2.45) is 0 Å². The van der Waals surface area contributed by atoms with E-state index in [9.17, 15) is 4.79 Å². The number of likely N-dealkylation sites (tertiary alicyclic amines) is 1. The standard InChI is InChI=1S/C18H26N2O3/c1-3-20(16-6-4-5-15(2)13-16)17(21)14-19-9-7-18(8-10-19)22-11-12-23-18/h4-6,13H,3,7-12,14H2,1-2H3. The van der Waals surface area contributed by atoms with E-state index in [1.54, 1.807) is 0 Å². The minimum atomic E-state index is -0.374. The third kappa shape index (κ3) is 3.74. The van der Waals surface area contributed by atoms with Crippen LogP contribution in [0, 0.1) is 6.92 Å². The second-order valence-electron chi connectivity index (χ2n) is 6.36. The number of amides is 1. The Hall–Kier alpha value is -1.43. The van der Waals surface area contributed by atoms with Crippen LogP contribution in [-0.4, -0.2) is 56.0 Å². The number of hydrogen-bond donors (Lipinski definition) is 0. The Morgan fingerprint density at radius 3 is 2.57 bits per heavy atom. The third-order valence-corrected chi connectivity index (χ3v) is 4.72. The summed E-state index contributed by atoms with van der Waals surface area (Å²) in [4.78, 5) is 16.8. The molecular weight excluding hydrogens is 292 g/mol. The van der Waals surface area contributed by atoms with Gasteiger partial charge >= 0.3 is 0 Å². The van der Waals surface area contributed by atoms with Crippen LogP contribution >= 0.6 is 0 Å². The number of likely N-dealkylation sites (N-methyl/N-ethyl adjacent to an activating group) is 1. The van der Waals surface area contributed by atoms with E-state index in [1.165, 1.54) is 5.56 Å². The topological polar surface area (TPSA) is 42.0 Å². The van der Waals surface area contributed by atoms with Crippen molar-refractivity contribution in [3.63, 3.8) is 0 Å². The molecule has 0 aliphatic carbocycles. The van der Waals surface area contributed by atoms with E-state index in [0.29, 0.717) is 26.3 Å². The van der Waals surface area contributed by atoms with Crippen molar-refractivity contribution in [2.75, 3.05) is 44.3 Å². The Bertz CT molecular complexity index is 545. The highest BCUT2D eigenvalue weighted by molar-refractivity contribution is 5.94. The molecule has 1 aromatic carbocycles. The Kier molecular flexibility index (Phi) is 4.99. The SMILES string of the molecule is CCN(C(=O)CN1CCC2(CC1)OCCO2)c1cccc(C)c1. The Labute approximate surface area is 138 Å². The lowest BCUT2D eigenvalue weighted by atomic mass is 10.0. The molecule has 0 saturated carbocycles. The van der Waals surface area contributed by atoms with E-state index in [0.717, 1.165) is 31.6 Å². The number of anilines is 1. The lowest BCUT2D eigenvalue weighted by Crippen LogP contribution is -2.48. The molecule has 0 N–H and O–H groups in total. The van der Waals surface area contributed by atoms with Crippen LogP contribution in [0.25, 0.3) is 0 Å². The summed E-state index contributed by atoms with van der Waals surface area (Å²) in [5.41, 5.74) is 2.15. The van der Waals surface area contributed by atoms with Gasteiger partial charge in [-0.3, -0.25) is 9.69 Å². The van der Waals surface area contributed by atoms with Gasteiger partial charge in [0.05, 0.1) is 19.8 Å². The maximum Gasteiger partial charge on any atom is 0.241 e. The molecule has 0 unspecified atom stereocenters. The molecule has 126 valence electrons. The number of ether oxygens (including phenoxy) is 2. The lowest BCUT2D eigenvalue weighted by Gasteiger charge is -2.37. The molecule has 23 heavy (non-hydrogen) atoms. The van der Waals surface area contributed by atoms with Gasteiger partial charge in [0.15, 0.2) is 5.79 Å². The molecule has 2 saturated heterocycles. The highest BCUT2D eigenvalue weighted by atomic mass is 16.7. The van der Waals surface area contributed by atoms with Crippen molar-refractivity contribution in [3.8, 4) is 0 Å². The second kappa shape index (κ2) is 6.99. The van der Waals surface area contributed by atoms with Gasteiger partial charge < -0.3 is 14.4 Å². The number of nitrogens with zero attached hydrogens (tertiary/aromatic N) is 2. The fraction of sp³-hybridized carbons (Fsp3) is 0.611. The average molecular weight is 318 g/mol. The maximum atomic E-state index is 12.7. The largest absolute Gasteiger partial charge is 0.347 e. The van der Waals surface area contributed by atoms with Crippen LogP contribution in [0.5, 0.6) is 0 Å². The highest BCUT2D eigenvalue weighted by Gasteiger charge is 2.40. The van der Waals surface area contributed by atoms with Gasteiger partial charge in [-0.05, 0) is 31.5 Å². The first kappa shape index (κ1) is 16.4. The smallest absolute Gasteiger partial charge is 0.241 e. The van der Waals surface area contributed by atoms with Crippen molar-refractivity contribution in [1.82, 2.24) is 4.90 Å². The Balaban J connectivity index is 1.58. The van der Waals surface area contributed by atoms with E-state index in [4.69, 9.17) is 9.47 Å². The zero-order valence-electron chi connectivity index (χ0n) is 14.1. The first-order valence-electron chi connectivity index (χ1n) is 8.49. The molecule has 2 aliphatic heterocycles. The van der Waals surface area contributed by atoms with Crippen molar-refractivity contribution in [1.29, 1.82) is 0 Å². The number of carbonyl (C=O) groups excluding carboxylic acids is 1. The monoisotopic (exact) mass is 318 g/mol. The quantitative estimate of drug-likeness (QED) is 0.853. The maximum absolute atomic E-state index is 12.7. The van der Waals surface area contributed by atoms with E-state index < -0.39 is 0 Å². The first-order chi connectivity index (χ1) is 11.1. The van der Waals surface area contributed by atoms with Gasteiger partial charge in [0, 0.05) is 38.2 Å². The number of carbonyl (C=O) groups is 1. The number of hydrogen-bond acceptors (Lipinski definition) is 4. The van der Waals surface area contributed by atoms with Crippen LogP contribution in [0.4, 0.5) is 5.69 Å². The average Bonchev–Trinajstić information content (AvgIpc) is 2.99. The van der Waals surface area contributed by atoms with Crippen molar-refractivity contribution < 1.29 is 14.3 Å².